The summed E-state index contributed by atoms with van der Waals surface area (Å²) < 4.78 is 0. The van der Waals surface area contributed by atoms with Crippen LogP contribution in [-0.4, -0.2) is 9.97 Å². The predicted octanol–water partition coefficient (Wildman–Crippen LogP) is 2.57. The van der Waals surface area contributed by atoms with Crippen molar-refractivity contribution in [2.24, 2.45) is 0 Å². The molecule has 2 heterocycles. The van der Waals surface area contributed by atoms with Crippen molar-refractivity contribution in [2.45, 2.75) is 45.3 Å². The molecular weight excluding hydrogens is 260 g/mol. The molecule has 2 aliphatic rings. The summed E-state index contributed by atoms with van der Waals surface area (Å²) in [4.78, 5) is 8.87. The van der Waals surface area contributed by atoms with Crippen molar-refractivity contribution in [3.05, 3.63) is 52.5 Å². The quantitative estimate of drug-likeness (QED) is 0.907. The summed E-state index contributed by atoms with van der Waals surface area (Å²) in [6.07, 6.45) is 6.39. The Morgan fingerprint density at radius 1 is 1.05 bits per heavy atom. The molecule has 2 aromatic rings. The highest BCUT2D eigenvalue weighted by Gasteiger charge is 2.15. The van der Waals surface area contributed by atoms with Gasteiger partial charge in [-0.3, -0.25) is 0 Å². The molecule has 1 aliphatic heterocycles. The third-order valence-corrected chi connectivity index (χ3v) is 4.49. The molecule has 0 unspecified atom stereocenters. The Morgan fingerprint density at radius 2 is 1.95 bits per heavy atom. The fraction of sp³-hybridized carbons (Fsp3) is 0.412. The summed E-state index contributed by atoms with van der Waals surface area (Å²) >= 11 is 0. The Labute approximate surface area is 125 Å². The van der Waals surface area contributed by atoms with Crippen LogP contribution in [0.5, 0.6) is 0 Å². The number of nitrogens with one attached hydrogen (secondary N) is 2. The number of aryl methyl sites for hydroxylation is 1. The van der Waals surface area contributed by atoms with Gasteiger partial charge in [0.15, 0.2) is 0 Å². The van der Waals surface area contributed by atoms with E-state index >= 15 is 0 Å². The van der Waals surface area contributed by atoms with Gasteiger partial charge in [0, 0.05) is 30.9 Å². The molecule has 21 heavy (non-hydrogen) atoms. The van der Waals surface area contributed by atoms with Gasteiger partial charge < -0.3 is 10.6 Å². The Morgan fingerprint density at radius 3 is 2.95 bits per heavy atom. The molecule has 108 valence electrons. The monoisotopic (exact) mass is 280 g/mol. The van der Waals surface area contributed by atoms with Gasteiger partial charge in [-0.05, 0) is 42.4 Å². The van der Waals surface area contributed by atoms with Gasteiger partial charge in [0.25, 0.3) is 0 Å². The number of nitrogens with zero attached hydrogens (tertiary/aromatic N) is 2. The van der Waals surface area contributed by atoms with Gasteiger partial charge in [-0.25, -0.2) is 9.97 Å². The summed E-state index contributed by atoms with van der Waals surface area (Å²) in [6.45, 7) is 2.82. The van der Waals surface area contributed by atoms with Crippen LogP contribution in [0.15, 0.2) is 24.5 Å². The standard InChI is InChI=1S/C17H20N4/c1-2-4-16-15(3-1)17(21-11-20-16)19-8-12-5-6-13-9-18-10-14(13)7-12/h5-7,11,18H,1-4,8-10H2,(H,19,20,21). The van der Waals surface area contributed by atoms with E-state index in [0.29, 0.717) is 0 Å². The third-order valence-electron chi connectivity index (χ3n) is 4.49. The third kappa shape index (κ3) is 2.51. The second-order valence-electron chi connectivity index (χ2n) is 5.91. The first kappa shape index (κ1) is 12.8. The number of benzene rings is 1. The largest absolute Gasteiger partial charge is 0.366 e. The van der Waals surface area contributed by atoms with Crippen molar-refractivity contribution in [3.63, 3.8) is 0 Å². The van der Waals surface area contributed by atoms with E-state index < -0.39 is 0 Å². The van der Waals surface area contributed by atoms with Crippen LogP contribution in [-0.2, 0) is 32.5 Å². The van der Waals surface area contributed by atoms with E-state index in [1.54, 1.807) is 6.33 Å². The van der Waals surface area contributed by atoms with Crippen LogP contribution in [0, 0.1) is 0 Å². The van der Waals surface area contributed by atoms with Gasteiger partial charge in [0.05, 0.1) is 0 Å². The Balaban J connectivity index is 1.52. The molecule has 1 aromatic heterocycles. The lowest BCUT2D eigenvalue weighted by atomic mass is 9.96. The molecule has 1 aromatic carbocycles. The zero-order chi connectivity index (χ0) is 14.1. The normalized spacial score (nSPS) is 16.4. The van der Waals surface area contributed by atoms with Crippen LogP contribution in [0.4, 0.5) is 5.82 Å². The van der Waals surface area contributed by atoms with Crippen molar-refractivity contribution in [3.8, 4) is 0 Å². The lowest BCUT2D eigenvalue weighted by Gasteiger charge is -2.18. The number of hydrogen-bond acceptors (Lipinski definition) is 4. The topological polar surface area (TPSA) is 49.8 Å². The Hall–Kier alpha value is -1.94. The molecule has 0 saturated carbocycles. The Kier molecular flexibility index (Phi) is 3.31. The minimum atomic E-state index is 0.830. The summed E-state index contributed by atoms with van der Waals surface area (Å²) in [6, 6.07) is 6.75. The maximum Gasteiger partial charge on any atom is 0.133 e. The molecule has 0 radical (unpaired) electrons. The van der Waals surface area contributed by atoms with Crippen molar-refractivity contribution in [1.29, 1.82) is 0 Å². The van der Waals surface area contributed by atoms with Crippen LogP contribution >= 0.6 is 0 Å². The molecular formula is C17H20N4. The Bertz CT molecular complexity index is 666. The maximum absolute atomic E-state index is 4.45. The number of anilines is 1. The van der Waals surface area contributed by atoms with Crippen molar-refractivity contribution in [1.82, 2.24) is 15.3 Å². The van der Waals surface area contributed by atoms with E-state index in [-0.39, 0.29) is 0 Å². The lowest BCUT2D eigenvalue weighted by molar-refractivity contribution is 0.663. The number of rotatable bonds is 3. The van der Waals surface area contributed by atoms with Gasteiger partial charge in [-0.2, -0.15) is 0 Å². The molecule has 1 aliphatic carbocycles. The van der Waals surface area contributed by atoms with Crippen LogP contribution in [0.3, 0.4) is 0 Å². The van der Waals surface area contributed by atoms with Gasteiger partial charge in [-0.15, -0.1) is 0 Å². The van der Waals surface area contributed by atoms with E-state index in [1.165, 1.54) is 40.8 Å². The van der Waals surface area contributed by atoms with Crippen molar-refractivity contribution >= 4 is 5.82 Å². The highest BCUT2D eigenvalue weighted by atomic mass is 15.0. The average Bonchev–Trinajstić information content (AvgIpc) is 3.00. The molecule has 0 bridgehead atoms. The molecule has 4 heteroatoms. The first-order valence-electron chi connectivity index (χ1n) is 7.78. The first-order chi connectivity index (χ1) is 10.4. The molecule has 0 amide bonds. The fourth-order valence-electron chi connectivity index (χ4n) is 3.32. The second kappa shape index (κ2) is 5.45. The van der Waals surface area contributed by atoms with Crippen molar-refractivity contribution < 1.29 is 0 Å². The lowest BCUT2D eigenvalue weighted by Crippen LogP contribution is -2.12. The molecule has 0 fully saturated rings. The summed E-state index contributed by atoms with van der Waals surface area (Å²) in [5, 5.41) is 6.90. The van der Waals surface area contributed by atoms with E-state index in [0.717, 1.165) is 38.3 Å². The first-order valence-corrected chi connectivity index (χ1v) is 7.78. The van der Waals surface area contributed by atoms with Gasteiger partial charge in [-0.1, -0.05) is 18.2 Å². The van der Waals surface area contributed by atoms with E-state index in [2.05, 4.69) is 38.8 Å². The van der Waals surface area contributed by atoms with Gasteiger partial charge >= 0.3 is 0 Å². The highest BCUT2D eigenvalue weighted by molar-refractivity contribution is 5.47. The van der Waals surface area contributed by atoms with E-state index in [9.17, 15) is 0 Å². The van der Waals surface area contributed by atoms with Crippen LogP contribution in [0.25, 0.3) is 0 Å². The molecule has 0 spiro atoms. The maximum atomic E-state index is 4.45. The van der Waals surface area contributed by atoms with E-state index in [4.69, 9.17) is 0 Å². The minimum absolute atomic E-state index is 0.830. The van der Waals surface area contributed by atoms with Crippen LogP contribution in [0.2, 0.25) is 0 Å². The van der Waals surface area contributed by atoms with Gasteiger partial charge in [0.2, 0.25) is 0 Å². The van der Waals surface area contributed by atoms with Crippen LogP contribution in [0.1, 0.15) is 40.8 Å². The van der Waals surface area contributed by atoms with E-state index in [1.807, 2.05) is 0 Å². The number of hydrogen-bond donors (Lipinski definition) is 2. The average molecular weight is 280 g/mol. The summed E-state index contributed by atoms with van der Waals surface area (Å²) in [7, 11) is 0. The summed E-state index contributed by atoms with van der Waals surface area (Å²) in [5.74, 6) is 1.03. The molecule has 4 nitrogen and oxygen atoms in total. The van der Waals surface area contributed by atoms with Crippen molar-refractivity contribution in [2.75, 3.05) is 5.32 Å². The second-order valence-corrected chi connectivity index (χ2v) is 5.91. The SMILES string of the molecule is c1nc2c(c(NCc3ccc4c(c3)CNC4)n1)CCCC2. The minimum Gasteiger partial charge on any atom is -0.366 e. The van der Waals surface area contributed by atoms with Crippen LogP contribution < -0.4 is 10.6 Å². The molecule has 0 atom stereocenters. The fourth-order valence-corrected chi connectivity index (χ4v) is 3.32. The number of aromatic nitrogens is 2. The smallest absolute Gasteiger partial charge is 0.133 e. The number of fused-ring (bicyclic) bond motifs is 2. The zero-order valence-corrected chi connectivity index (χ0v) is 12.2. The molecule has 0 saturated heterocycles. The molecule has 4 rings (SSSR count). The molecule has 2 N–H and O–H groups in total. The zero-order valence-electron chi connectivity index (χ0n) is 12.2. The summed E-state index contributed by atoms with van der Waals surface area (Å²) in [5.41, 5.74) is 6.74. The van der Waals surface area contributed by atoms with Gasteiger partial charge in [0.1, 0.15) is 12.1 Å². The predicted molar refractivity (Wildman–Crippen MR) is 83.0 cm³/mol. The highest BCUT2D eigenvalue weighted by Crippen LogP contribution is 2.25.